The summed E-state index contributed by atoms with van der Waals surface area (Å²) >= 11 is 0. The molecule has 0 N–H and O–H groups in total. The molecular formula is C49H32O. The molecule has 0 aliphatic heterocycles. The Hall–Kier alpha value is -6.18. The molecule has 0 atom stereocenters. The first kappa shape index (κ1) is 27.7. The van der Waals surface area contributed by atoms with Crippen molar-refractivity contribution in [1.29, 1.82) is 0 Å². The van der Waals surface area contributed by atoms with Gasteiger partial charge in [-0.05, 0) is 88.6 Å². The van der Waals surface area contributed by atoms with Gasteiger partial charge < -0.3 is 4.42 Å². The smallest absolute Gasteiger partial charge is 0.143 e. The second-order valence-electron chi connectivity index (χ2n) is 14.3. The van der Waals surface area contributed by atoms with Gasteiger partial charge in [-0.25, -0.2) is 0 Å². The lowest BCUT2D eigenvalue weighted by Gasteiger charge is -2.24. The molecule has 10 aromatic rings. The standard InChI is InChI=1S/C49H32O/c1-49(2)42-27-26-29(28-41(42)46-33-17-5-3-14-30(33)31-15-4-10-22-38(31)47(46)49)44-34-18-6-8-20-36(34)45(37-21-9-7-19-35(37)44)40-24-13-23-39-32-16-11-12-25-43(32)50-48(39)40/h3-28H,1-2H3. The van der Waals surface area contributed by atoms with E-state index >= 15 is 0 Å². The van der Waals surface area contributed by atoms with E-state index in [-0.39, 0.29) is 5.41 Å². The number of rotatable bonds is 2. The molecule has 1 aromatic heterocycles. The SMILES string of the molecule is CC1(C)c2ccc(-c3c4ccccc4c(-c4cccc5c4oc4ccccc45)c4ccccc34)cc2-c2c1c1ccccc1c1ccccc21. The highest BCUT2D eigenvalue weighted by molar-refractivity contribution is 6.25. The molecule has 1 aliphatic rings. The van der Waals surface area contributed by atoms with Gasteiger partial charge in [0, 0.05) is 27.3 Å². The largest absolute Gasteiger partial charge is 0.455 e. The van der Waals surface area contributed by atoms with Crippen molar-refractivity contribution in [3.8, 4) is 33.4 Å². The van der Waals surface area contributed by atoms with Gasteiger partial charge in [-0.3, -0.25) is 0 Å². The molecule has 0 bridgehead atoms. The van der Waals surface area contributed by atoms with E-state index in [9.17, 15) is 0 Å². The summed E-state index contributed by atoms with van der Waals surface area (Å²) in [6.07, 6.45) is 0. The first-order valence-electron chi connectivity index (χ1n) is 17.5. The van der Waals surface area contributed by atoms with Crippen LogP contribution in [0.5, 0.6) is 0 Å². The lowest BCUT2D eigenvalue weighted by molar-refractivity contribution is 0.666. The first-order valence-corrected chi connectivity index (χ1v) is 17.5. The Morgan fingerprint density at radius 1 is 0.380 bits per heavy atom. The molecule has 0 fully saturated rings. The van der Waals surface area contributed by atoms with Crippen molar-refractivity contribution in [3.63, 3.8) is 0 Å². The summed E-state index contributed by atoms with van der Waals surface area (Å²) in [4.78, 5) is 0. The monoisotopic (exact) mass is 636 g/mol. The zero-order valence-electron chi connectivity index (χ0n) is 27.9. The zero-order valence-corrected chi connectivity index (χ0v) is 27.9. The summed E-state index contributed by atoms with van der Waals surface area (Å²) < 4.78 is 6.62. The lowest BCUT2D eigenvalue weighted by atomic mass is 9.79. The molecule has 234 valence electrons. The normalized spacial score (nSPS) is 13.6. The topological polar surface area (TPSA) is 13.1 Å². The number of furan rings is 1. The molecule has 0 unspecified atom stereocenters. The van der Waals surface area contributed by atoms with E-state index in [2.05, 4.69) is 166 Å². The molecule has 1 heteroatoms. The Bertz CT molecular complexity index is 3010. The highest BCUT2D eigenvalue weighted by atomic mass is 16.3. The average molecular weight is 637 g/mol. The van der Waals surface area contributed by atoms with Gasteiger partial charge in [-0.2, -0.15) is 0 Å². The van der Waals surface area contributed by atoms with Crippen LogP contribution in [0.4, 0.5) is 0 Å². The van der Waals surface area contributed by atoms with E-state index in [1.807, 2.05) is 6.07 Å². The van der Waals surface area contributed by atoms with Crippen LogP contribution in [0.15, 0.2) is 162 Å². The van der Waals surface area contributed by atoms with E-state index in [1.54, 1.807) is 0 Å². The van der Waals surface area contributed by atoms with Crippen LogP contribution >= 0.6 is 0 Å². The third kappa shape index (κ3) is 3.56. The van der Waals surface area contributed by atoms with Crippen LogP contribution < -0.4 is 0 Å². The minimum absolute atomic E-state index is 0.133. The number of benzene rings is 9. The van der Waals surface area contributed by atoms with E-state index in [1.165, 1.54) is 82.0 Å². The summed E-state index contributed by atoms with van der Waals surface area (Å²) in [7, 11) is 0. The minimum Gasteiger partial charge on any atom is -0.455 e. The van der Waals surface area contributed by atoms with Crippen LogP contribution in [0.3, 0.4) is 0 Å². The third-order valence-electron chi connectivity index (χ3n) is 11.4. The molecule has 1 nitrogen and oxygen atoms in total. The molecule has 50 heavy (non-hydrogen) atoms. The molecule has 0 radical (unpaired) electrons. The van der Waals surface area contributed by atoms with Crippen LogP contribution in [0.2, 0.25) is 0 Å². The van der Waals surface area contributed by atoms with Crippen LogP contribution in [-0.4, -0.2) is 0 Å². The lowest BCUT2D eigenvalue weighted by Crippen LogP contribution is -2.15. The Balaban J connectivity index is 1.24. The highest BCUT2D eigenvalue weighted by Gasteiger charge is 2.38. The maximum atomic E-state index is 6.62. The number of para-hydroxylation sites is 2. The quantitative estimate of drug-likeness (QED) is 0.136. The second-order valence-corrected chi connectivity index (χ2v) is 14.3. The van der Waals surface area contributed by atoms with Gasteiger partial charge in [-0.1, -0.05) is 159 Å². The van der Waals surface area contributed by atoms with Crippen molar-refractivity contribution in [2.45, 2.75) is 19.3 Å². The molecule has 0 amide bonds. The van der Waals surface area contributed by atoms with Crippen molar-refractivity contribution in [3.05, 3.63) is 169 Å². The number of fused-ring (bicyclic) bond motifs is 13. The van der Waals surface area contributed by atoms with Crippen LogP contribution in [0.25, 0.3) is 98.4 Å². The Labute approximate surface area is 290 Å². The molecule has 1 aliphatic carbocycles. The number of hydrogen-bond acceptors (Lipinski definition) is 1. The predicted molar refractivity (Wildman–Crippen MR) is 212 cm³/mol. The van der Waals surface area contributed by atoms with Crippen molar-refractivity contribution in [2.24, 2.45) is 0 Å². The molecular weight excluding hydrogens is 605 g/mol. The van der Waals surface area contributed by atoms with Crippen molar-refractivity contribution in [1.82, 2.24) is 0 Å². The molecule has 1 heterocycles. The fourth-order valence-electron chi connectivity index (χ4n) is 9.33. The Kier molecular flexibility index (Phi) is 5.51. The van der Waals surface area contributed by atoms with Gasteiger partial charge in [0.25, 0.3) is 0 Å². The Morgan fingerprint density at radius 3 is 1.54 bits per heavy atom. The maximum absolute atomic E-state index is 6.62. The molecule has 0 saturated carbocycles. The zero-order chi connectivity index (χ0) is 33.1. The van der Waals surface area contributed by atoms with E-state index in [4.69, 9.17) is 4.42 Å². The summed E-state index contributed by atoms with van der Waals surface area (Å²) in [5.74, 6) is 0. The van der Waals surface area contributed by atoms with Gasteiger partial charge in [0.05, 0.1) is 0 Å². The number of hydrogen-bond donors (Lipinski definition) is 0. The predicted octanol–water partition coefficient (Wildman–Crippen LogP) is 13.8. The molecule has 11 rings (SSSR count). The van der Waals surface area contributed by atoms with Crippen LogP contribution in [0.1, 0.15) is 25.0 Å². The summed E-state index contributed by atoms with van der Waals surface area (Å²) in [5.41, 5.74) is 12.1. The van der Waals surface area contributed by atoms with E-state index in [0.717, 1.165) is 27.5 Å². The van der Waals surface area contributed by atoms with Crippen molar-refractivity contribution >= 4 is 65.0 Å². The van der Waals surface area contributed by atoms with Gasteiger partial charge in [0.2, 0.25) is 0 Å². The molecule has 0 spiro atoms. The molecule has 0 saturated heterocycles. The van der Waals surface area contributed by atoms with Crippen LogP contribution in [-0.2, 0) is 5.41 Å². The second kappa shape index (κ2) is 9.94. The minimum atomic E-state index is -0.133. The van der Waals surface area contributed by atoms with Gasteiger partial charge in [-0.15, -0.1) is 0 Å². The summed E-state index contributed by atoms with van der Waals surface area (Å²) in [6, 6.07) is 58.0. The Morgan fingerprint density at radius 2 is 0.880 bits per heavy atom. The van der Waals surface area contributed by atoms with Crippen molar-refractivity contribution in [2.75, 3.05) is 0 Å². The fourth-order valence-corrected chi connectivity index (χ4v) is 9.33. The van der Waals surface area contributed by atoms with Crippen molar-refractivity contribution < 1.29 is 4.42 Å². The van der Waals surface area contributed by atoms with E-state index in [0.29, 0.717) is 0 Å². The highest BCUT2D eigenvalue weighted by Crippen LogP contribution is 2.56. The van der Waals surface area contributed by atoms with Gasteiger partial charge in [0.1, 0.15) is 11.2 Å². The molecule has 9 aromatic carbocycles. The fraction of sp³-hybridized carbons (Fsp3) is 0.0612. The third-order valence-corrected chi connectivity index (χ3v) is 11.4. The van der Waals surface area contributed by atoms with Gasteiger partial charge in [0.15, 0.2) is 0 Å². The van der Waals surface area contributed by atoms with E-state index < -0.39 is 0 Å². The summed E-state index contributed by atoms with van der Waals surface area (Å²) in [5, 5.41) is 12.6. The van der Waals surface area contributed by atoms with Crippen LogP contribution in [0, 0.1) is 0 Å². The maximum Gasteiger partial charge on any atom is 0.143 e. The summed E-state index contributed by atoms with van der Waals surface area (Å²) in [6.45, 7) is 4.80. The van der Waals surface area contributed by atoms with Gasteiger partial charge >= 0.3 is 0 Å². The average Bonchev–Trinajstić information content (AvgIpc) is 3.66. The first-order chi connectivity index (χ1) is 24.6.